The summed E-state index contributed by atoms with van der Waals surface area (Å²) in [6.07, 6.45) is 0.851. The fraction of sp³-hybridized carbons (Fsp3) is 0.619. The quantitative estimate of drug-likeness (QED) is 0.542. The van der Waals surface area contributed by atoms with Gasteiger partial charge in [-0.2, -0.15) is 13.2 Å². The highest BCUT2D eigenvalue weighted by molar-refractivity contribution is 5.81. The Morgan fingerprint density at radius 1 is 1.20 bits per heavy atom. The lowest BCUT2D eigenvalue weighted by Crippen LogP contribution is -2.45. The lowest BCUT2D eigenvalue weighted by molar-refractivity contribution is -0.153. The topological polar surface area (TPSA) is 66.0 Å². The molecule has 166 valence electrons. The summed E-state index contributed by atoms with van der Waals surface area (Å²) in [4.78, 5) is 18.8. The number of carbonyl (C=O) groups excluding carboxylic acids is 1. The molecule has 0 aromatic heterocycles. The van der Waals surface area contributed by atoms with Gasteiger partial charge in [-0.1, -0.05) is 25.0 Å². The molecular weight excluding hydrogens is 397 g/mol. The molecule has 1 unspecified atom stereocenters. The van der Waals surface area contributed by atoms with Gasteiger partial charge >= 0.3 is 6.18 Å². The van der Waals surface area contributed by atoms with Crippen LogP contribution in [-0.2, 0) is 11.3 Å². The first-order valence-corrected chi connectivity index (χ1v) is 10.4. The van der Waals surface area contributed by atoms with Crippen LogP contribution in [-0.4, -0.2) is 55.7 Å². The normalized spacial score (nSPS) is 20.5. The van der Waals surface area contributed by atoms with Crippen LogP contribution in [0.3, 0.4) is 0 Å². The second-order valence-electron chi connectivity index (χ2n) is 7.87. The second kappa shape index (κ2) is 10.0. The Hall–Kier alpha value is -2.45. The van der Waals surface area contributed by atoms with Gasteiger partial charge in [0, 0.05) is 38.6 Å². The molecule has 1 aliphatic heterocycles. The van der Waals surface area contributed by atoms with Gasteiger partial charge in [0.2, 0.25) is 5.91 Å². The largest absolute Gasteiger partial charge is 0.484 e. The fourth-order valence-corrected chi connectivity index (χ4v) is 3.95. The van der Waals surface area contributed by atoms with Crippen molar-refractivity contribution in [3.63, 3.8) is 0 Å². The van der Waals surface area contributed by atoms with Gasteiger partial charge in [0.25, 0.3) is 0 Å². The van der Waals surface area contributed by atoms with Crippen molar-refractivity contribution in [1.82, 2.24) is 15.5 Å². The van der Waals surface area contributed by atoms with E-state index in [4.69, 9.17) is 4.74 Å². The first-order valence-electron chi connectivity index (χ1n) is 10.4. The molecule has 2 N–H and O–H groups in total. The summed E-state index contributed by atoms with van der Waals surface area (Å²) in [5.41, 5.74) is 0.891. The zero-order valence-electron chi connectivity index (χ0n) is 17.2. The van der Waals surface area contributed by atoms with E-state index >= 15 is 0 Å². The number of hydrogen-bond donors (Lipinski definition) is 2. The SMILES string of the molecule is CN=C(NCc1ccc(OCC(F)(F)F)cc1)NC1CCN(C(=O)C2CCCC2)C1. The van der Waals surface area contributed by atoms with Gasteiger partial charge < -0.3 is 20.3 Å². The average molecular weight is 426 g/mol. The zero-order chi connectivity index (χ0) is 21.6. The highest BCUT2D eigenvalue weighted by atomic mass is 19.4. The first-order chi connectivity index (χ1) is 14.3. The standard InChI is InChI=1S/C21H29F3N4O2/c1-25-20(26-12-15-6-8-18(9-7-15)30-14-21(22,23)24)27-17-10-11-28(13-17)19(29)16-4-2-3-5-16/h6-9,16-17H,2-5,10-14H2,1H3,(H2,25,26,27). The van der Waals surface area contributed by atoms with Gasteiger partial charge in [-0.05, 0) is 37.0 Å². The smallest absolute Gasteiger partial charge is 0.422 e. The summed E-state index contributed by atoms with van der Waals surface area (Å²) in [7, 11) is 1.68. The molecule has 1 saturated carbocycles. The number of hydrogen-bond acceptors (Lipinski definition) is 3. The number of likely N-dealkylation sites (tertiary alicyclic amines) is 1. The molecular formula is C21H29F3N4O2. The van der Waals surface area contributed by atoms with E-state index in [1.54, 1.807) is 19.2 Å². The minimum atomic E-state index is -4.35. The molecule has 1 aromatic rings. The molecule has 1 amide bonds. The molecule has 2 aliphatic rings. The van der Waals surface area contributed by atoms with Crippen LogP contribution in [0, 0.1) is 5.92 Å². The number of alkyl halides is 3. The molecule has 1 aromatic carbocycles. The Kier molecular flexibility index (Phi) is 7.44. The Morgan fingerprint density at radius 2 is 1.90 bits per heavy atom. The predicted molar refractivity (Wildman–Crippen MR) is 108 cm³/mol. The van der Waals surface area contributed by atoms with Crippen LogP contribution in [0.1, 0.15) is 37.7 Å². The van der Waals surface area contributed by atoms with Crippen LogP contribution in [0.25, 0.3) is 0 Å². The Labute approximate surface area is 174 Å². The van der Waals surface area contributed by atoms with Gasteiger partial charge in [0.05, 0.1) is 0 Å². The zero-order valence-corrected chi connectivity index (χ0v) is 17.2. The molecule has 1 aliphatic carbocycles. The molecule has 1 heterocycles. The maximum atomic E-state index is 12.6. The molecule has 1 atom stereocenters. The maximum Gasteiger partial charge on any atom is 0.422 e. The number of carbonyl (C=O) groups is 1. The summed E-state index contributed by atoms with van der Waals surface area (Å²) in [5, 5.41) is 6.56. The third-order valence-electron chi connectivity index (χ3n) is 5.55. The van der Waals surface area contributed by atoms with Crippen molar-refractivity contribution in [3.05, 3.63) is 29.8 Å². The minimum Gasteiger partial charge on any atom is -0.484 e. The first kappa shape index (κ1) is 22.2. The summed E-state index contributed by atoms with van der Waals surface area (Å²) in [6.45, 7) is 0.615. The number of ether oxygens (including phenoxy) is 1. The Balaban J connectivity index is 1.42. The van der Waals surface area contributed by atoms with Crippen LogP contribution in [0.2, 0.25) is 0 Å². The van der Waals surface area contributed by atoms with Crippen LogP contribution < -0.4 is 15.4 Å². The van der Waals surface area contributed by atoms with Gasteiger partial charge in [0.1, 0.15) is 5.75 Å². The van der Waals surface area contributed by atoms with E-state index in [-0.39, 0.29) is 23.6 Å². The van der Waals surface area contributed by atoms with E-state index in [0.717, 1.165) is 44.2 Å². The third-order valence-corrected chi connectivity index (χ3v) is 5.55. The molecule has 0 radical (unpaired) electrons. The average Bonchev–Trinajstić information content (AvgIpc) is 3.41. The summed E-state index contributed by atoms with van der Waals surface area (Å²) in [5.74, 6) is 1.29. The molecule has 9 heteroatoms. The predicted octanol–water partition coefficient (Wildman–Crippen LogP) is 3.08. The summed E-state index contributed by atoms with van der Waals surface area (Å²) < 4.78 is 41.3. The number of halogens is 3. The highest BCUT2D eigenvalue weighted by Crippen LogP contribution is 2.27. The number of nitrogens with zero attached hydrogens (tertiary/aromatic N) is 2. The number of amides is 1. The number of aliphatic imine (C=N–C) groups is 1. The van der Waals surface area contributed by atoms with Crippen molar-refractivity contribution in [3.8, 4) is 5.75 Å². The van der Waals surface area contributed by atoms with Gasteiger partial charge in [0.15, 0.2) is 12.6 Å². The van der Waals surface area contributed by atoms with Crippen molar-refractivity contribution in [2.75, 3.05) is 26.7 Å². The van der Waals surface area contributed by atoms with Crippen molar-refractivity contribution in [1.29, 1.82) is 0 Å². The van der Waals surface area contributed by atoms with Gasteiger partial charge in [-0.25, -0.2) is 0 Å². The lowest BCUT2D eigenvalue weighted by atomic mass is 10.1. The maximum absolute atomic E-state index is 12.6. The van der Waals surface area contributed by atoms with Crippen LogP contribution in [0.5, 0.6) is 5.75 Å². The fourth-order valence-electron chi connectivity index (χ4n) is 3.95. The molecule has 3 rings (SSSR count). The Morgan fingerprint density at radius 3 is 2.53 bits per heavy atom. The van der Waals surface area contributed by atoms with Gasteiger partial charge in [-0.3, -0.25) is 9.79 Å². The molecule has 0 spiro atoms. The highest BCUT2D eigenvalue weighted by Gasteiger charge is 2.32. The van der Waals surface area contributed by atoms with E-state index < -0.39 is 12.8 Å². The molecule has 30 heavy (non-hydrogen) atoms. The van der Waals surface area contributed by atoms with Crippen molar-refractivity contribution in [2.45, 2.75) is 50.9 Å². The van der Waals surface area contributed by atoms with E-state index in [2.05, 4.69) is 15.6 Å². The molecule has 0 bridgehead atoms. The monoisotopic (exact) mass is 426 g/mol. The van der Waals surface area contributed by atoms with E-state index in [0.29, 0.717) is 19.0 Å². The summed E-state index contributed by atoms with van der Waals surface area (Å²) >= 11 is 0. The minimum absolute atomic E-state index is 0.152. The van der Waals surface area contributed by atoms with Crippen molar-refractivity contribution < 1.29 is 22.7 Å². The number of nitrogens with one attached hydrogen (secondary N) is 2. The van der Waals surface area contributed by atoms with Crippen LogP contribution in [0.4, 0.5) is 13.2 Å². The molecule has 6 nitrogen and oxygen atoms in total. The van der Waals surface area contributed by atoms with Crippen molar-refractivity contribution in [2.24, 2.45) is 10.9 Å². The second-order valence-corrected chi connectivity index (χ2v) is 7.87. The Bertz CT molecular complexity index is 731. The number of rotatable bonds is 6. The lowest BCUT2D eigenvalue weighted by Gasteiger charge is -2.21. The van der Waals surface area contributed by atoms with E-state index in [1.165, 1.54) is 12.1 Å². The van der Waals surface area contributed by atoms with E-state index in [9.17, 15) is 18.0 Å². The van der Waals surface area contributed by atoms with Crippen molar-refractivity contribution >= 4 is 11.9 Å². The van der Waals surface area contributed by atoms with Crippen LogP contribution in [0.15, 0.2) is 29.3 Å². The number of guanidine groups is 1. The van der Waals surface area contributed by atoms with Gasteiger partial charge in [-0.15, -0.1) is 0 Å². The summed E-state index contributed by atoms with van der Waals surface area (Å²) in [6, 6.07) is 6.61. The molecule has 2 fully saturated rings. The van der Waals surface area contributed by atoms with E-state index in [1.807, 2.05) is 4.90 Å². The third kappa shape index (κ3) is 6.53. The molecule has 1 saturated heterocycles. The van der Waals surface area contributed by atoms with Crippen LogP contribution >= 0.6 is 0 Å². The number of benzene rings is 1.